The van der Waals surface area contributed by atoms with Crippen LogP contribution in [0.4, 0.5) is 0 Å². The summed E-state index contributed by atoms with van der Waals surface area (Å²) < 4.78 is 5.47. The second-order valence-electron chi connectivity index (χ2n) is 5.26. The predicted molar refractivity (Wildman–Crippen MR) is 76.4 cm³/mol. The summed E-state index contributed by atoms with van der Waals surface area (Å²) in [6.45, 7) is 0.936. The molecule has 1 aliphatic rings. The molecule has 0 atom stereocenters. The normalized spacial score (nSPS) is 16.5. The molecule has 1 fully saturated rings. The third kappa shape index (κ3) is 2.31. The molecule has 0 heterocycles. The molecular formula is C16H19NO2. The van der Waals surface area contributed by atoms with E-state index in [4.69, 9.17) is 4.74 Å². The molecule has 2 N–H and O–H groups in total. The van der Waals surface area contributed by atoms with Gasteiger partial charge in [-0.2, -0.15) is 0 Å². The maximum atomic E-state index is 9.38. The highest BCUT2D eigenvalue weighted by Gasteiger charge is 2.41. The lowest BCUT2D eigenvalue weighted by molar-refractivity contribution is 0.229. The Bertz CT molecular complexity index is 590. The largest absolute Gasteiger partial charge is 0.496 e. The lowest BCUT2D eigenvalue weighted by Crippen LogP contribution is -2.34. The number of aliphatic hydroxyl groups is 1. The van der Waals surface area contributed by atoms with Crippen LogP contribution in [0.3, 0.4) is 0 Å². The topological polar surface area (TPSA) is 41.5 Å². The molecule has 0 aliphatic heterocycles. The van der Waals surface area contributed by atoms with Gasteiger partial charge in [-0.05, 0) is 29.7 Å². The van der Waals surface area contributed by atoms with Crippen LogP contribution in [-0.2, 0) is 6.54 Å². The van der Waals surface area contributed by atoms with Gasteiger partial charge in [-0.1, -0.05) is 30.3 Å². The summed E-state index contributed by atoms with van der Waals surface area (Å²) in [5, 5.41) is 15.3. The Morgan fingerprint density at radius 1 is 1.21 bits per heavy atom. The molecule has 2 aromatic carbocycles. The lowest BCUT2D eigenvalue weighted by atomic mass is 10.0. The first-order chi connectivity index (χ1) is 9.28. The maximum Gasteiger partial charge on any atom is 0.123 e. The summed E-state index contributed by atoms with van der Waals surface area (Å²) >= 11 is 0. The van der Waals surface area contributed by atoms with E-state index in [1.54, 1.807) is 7.11 Å². The summed E-state index contributed by atoms with van der Waals surface area (Å²) in [5.41, 5.74) is 1.11. The predicted octanol–water partition coefficient (Wildman–Crippen LogP) is 2.46. The molecule has 19 heavy (non-hydrogen) atoms. The van der Waals surface area contributed by atoms with Crippen LogP contribution < -0.4 is 10.1 Å². The van der Waals surface area contributed by atoms with Gasteiger partial charge in [0, 0.05) is 17.6 Å². The second kappa shape index (κ2) is 4.83. The zero-order valence-corrected chi connectivity index (χ0v) is 11.1. The molecule has 3 rings (SSSR count). The van der Waals surface area contributed by atoms with Crippen molar-refractivity contribution in [2.75, 3.05) is 13.7 Å². The van der Waals surface area contributed by atoms with E-state index in [2.05, 4.69) is 23.5 Å². The molecule has 0 spiro atoms. The minimum absolute atomic E-state index is 0.0536. The summed E-state index contributed by atoms with van der Waals surface area (Å²) in [6.07, 6.45) is 2.10. The van der Waals surface area contributed by atoms with Crippen LogP contribution in [0.1, 0.15) is 18.4 Å². The first-order valence-electron chi connectivity index (χ1n) is 6.68. The first-order valence-corrected chi connectivity index (χ1v) is 6.68. The first kappa shape index (κ1) is 12.5. The maximum absolute atomic E-state index is 9.38. The standard InChI is InChI=1S/C16H19NO2/c1-19-15-7-6-12-4-2-3-5-13(12)14(15)10-17-16(11-18)8-9-16/h2-7,17-18H,8-11H2,1H3. The molecule has 3 nitrogen and oxygen atoms in total. The van der Waals surface area contributed by atoms with Crippen LogP contribution in [0.15, 0.2) is 36.4 Å². The van der Waals surface area contributed by atoms with E-state index in [0.717, 1.165) is 25.1 Å². The minimum Gasteiger partial charge on any atom is -0.496 e. The summed E-state index contributed by atoms with van der Waals surface area (Å²) in [6, 6.07) is 12.4. The SMILES string of the molecule is COc1ccc2ccccc2c1CNC1(CO)CC1. The molecule has 0 bridgehead atoms. The number of rotatable bonds is 5. The van der Waals surface area contributed by atoms with E-state index in [9.17, 15) is 5.11 Å². The van der Waals surface area contributed by atoms with E-state index in [1.807, 2.05) is 18.2 Å². The van der Waals surface area contributed by atoms with Crippen LogP contribution in [-0.4, -0.2) is 24.4 Å². The van der Waals surface area contributed by atoms with Crippen molar-refractivity contribution < 1.29 is 9.84 Å². The van der Waals surface area contributed by atoms with Gasteiger partial charge in [-0.3, -0.25) is 0 Å². The monoisotopic (exact) mass is 257 g/mol. The Kier molecular flexibility index (Phi) is 3.17. The Morgan fingerprint density at radius 3 is 2.68 bits per heavy atom. The summed E-state index contributed by atoms with van der Waals surface area (Å²) in [7, 11) is 1.70. The third-order valence-corrected chi connectivity index (χ3v) is 4.01. The average Bonchev–Trinajstić information content (AvgIpc) is 3.25. The molecule has 100 valence electrons. The smallest absolute Gasteiger partial charge is 0.123 e. The molecule has 0 aromatic heterocycles. The van der Waals surface area contributed by atoms with Crippen molar-refractivity contribution in [1.82, 2.24) is 5.32 Å². The molecule has 0 amide bonds. The van der Waals surface area contributed by atoms with Gasteiger partial charge >= 0.3 is 0 Å². The van der Waals surface area contributed by atoms with Gasteiger partial charge in [0.2, 0.25) is 0 Å². The number of nitrogens with one attached hydrogen (secondary N) is 1. The molecule has 0 saturated heterocycles. The Balaban J connectivity index is 1.95. The number of methoxy groups -OCH3 is 1. The van der Waals surface area contributed by atoms with Crippen LogP contribution >= 0.6 is 0 Å². The number of fused-ring (bicyclic) bond motifs is 1. The minimum atomic E-state index is -0.0536. The van der Waals surface area contributed by atoms with Crippen molar-refractivity contribution in [2.45, 2.75) is 24.9 Å². The van der Waals surface area contributed by atoms with Crippen LogP contribution in [0.5, 0.6) is 5.75 Å². The van der Waals surface area contributed by atoms with Crippen LogP contribution in [0.25, 0.3) is 10.8 Å². The van der Waals surface area contributed by atoms with Crippen molar-refractivity contribution in [2.24, 2.45) is 0 Å². The number of hydrogen-bond acceptors (Lipinski definition) is 3. The van der Waals surface area contributed by atoms with E-state index in [0.29, 0.717) is 0 Å². The van der Waals surface area contributed by atoms with Crippen LogP contribution in [0, 0.1) is 0 Å². The molecule has 0 unspecified atom stereocenters. The number of hydrogen-bond donors (Lipinski definition) is 2. The Labute approximate surface area is 113 Å². The number of benzene rings is 2. The van der Waals surface area contributed by atoms with E-state index in [1.165, 1.54) is 16.3 Å². The molecule has 3 heteroatoms. The highest BCUT2D eigenvalue weighted by Crippen LogP contribution is 2.36. The van der Waals surface area contributed by atoms with Gasteiger partial charge in [0.1, 0.15) is 5.75 Å². The van der Waals surface area contributed by atoms with Crippen molar-refractivity contribution in [1.29, 1.82) is 0 Å². The van der Waals surface area contributed by atoms with E-state index >= 15 is 0 Å². The zero-order chi connectivity index (χ0) is 13.3. The zero-order valence-electron chi connectivity index (χ0n) is 11.1. The van der Waals surface area contributed by atoms with Crippen LogP contribution in [0.2, 0.25) is 0 Å². The molecule has 2 aromatic rings. The number of aliphatic hydroxyl groups excluding tert-OH is 1. The lowest BCUT2D eigenvalue weighted by Gasteiger charge is -2.17. The number of ether oxygens (including phenoxy) is 1. The van der Waals surface area contributed by atoms with Gasteiger partial charge in [-0.25, -0.2) is 0 Å². The fourth-order valence-corrected chi connectivity index (χ4v) is 2.51. The highest BCUT2D eigenvalue weighted by atomic mass is 16.5. The van der Waals surface area contributed by atoms with Crippen molar-refractivity contribution in [3.63, 3.8) is 0 Å². The Hall–Kier alpha value is -1.58. The fraction of sp³-hybridized carbons (Fsp3) is 0.375. The van der Waals surface area contributed by atoms with Crippen molar-refractivity contribution in [3.05, 3.63) is 42.0 Å². The second-order valence-corrected chi connectivity index (χ2v) is 5.26. The Morgan fingerprint density at radius 2 is 2.00 bits per heavy atom. The molecule has 1 aliphatic carbocycles. The van der Waals surface area contributed by atoms with Gasteiger partial charge < -0.3 is 15.2 Å². The molecule has 0 radical (unpaired) electrons. The third-order valence-electron chi connectivity index (χ3n) is 4.01. The average molecular weight is 257 g/mol. The van der Waals surface area contributed by atoms with Gasteiger partial charge in [0.15, 0.2) is 0 Å². The van der Waals surface area contributed by atoms with Gasteiger partial charge in [0.25, 0.3) is 0 Å². The van der Waals surface area contributed by atoms with E-state index in [-0.39, 0.29) is 12.1 Å². The quantitative estimate of drug-likeness (QED) is 0.864. The molecular weight excluding hydrogens is 238 g/mol. The summed E-state index contributed by atoms with van der Waals surface area (Å²) in [4.78, 5) is 0. The summed E-state index contributed by atoms with van der Waals surface area (Å²) in [5.74, 6) is 0.903. The van der Waals surface area contributed by atoms with Gasteiger partial charge in [-0.15, -0.1) is 0 Å². The molecule has 1 saturated carbocycles. The van der Waals surface area contributed by atoms with Gasteiger partial charge in [0.05, 0.1) is 13.7 Å². The van der Waals surface area contributed by atoms with E-state index < -0.39 is 0 Å². The fourth-order valence-electron chi connectivity index (χ4n) is 2.51. The highest BCUT2D eigenvalue weighted by molar-refractivity contribution is 5.87. The van der Waals surface area contributed by atoms with Crippen molar-refractivity contribution >= 4 is 10.8 Å². The van der Waals surface area contributed by atoms with Crippen molar-refractivity contribution in [3.8, 4) is 5.75 Å².